The van der Waals surface area contributed by atoms with E-state index in [0.29, 0.717) is 6.04 Å². The fraction of sp³-hybridized carbons (Fsp3) is 0.360. The molecule has 28 heavy (non-hydrogen) atoms. The normalized spacial score (nSPS) is 11.8. The quantitative estimate of drug-likeness (QED) is 0.393. The van der Waals surface area contributed by atoms with Gasteiger partial charge in [-0.1, -0.05) is 26.0 Å². The summed E-state index contributed by atoms with van der Waals surface area (Å²) in [5.74, 6) is 0. The first-order chi connectivity index (χ1) is 13.5. The van der Waals surface area contributed by atoms with Crippen LogP contribution in [0.2, 0.25) is 0 Å². The molecule has 0 radical (unpaired) electrons. The predicted molar refractivity (Wildman–Crippen MR) is 119 cm³/mol. The maximum atomic E-state index is 5.02. The van der Waals surface area contributed by atoms with Gasteiger partial charge in [0.05, 0.1) is 16.7 Å². The summed E-state index contributed by atoms with van der Waals surface area (Å²) in [6.45, 7) is 13.2. The summed E-state index contributed by atoms with van der Waals surface area (Å²) < 4.78 is 2.45. The first kappa shape index (κ1) is 18.7. The molecule has 0 saturated carbocycles. The lowest BCUT2D eigenvalue weighted by Gasteiger charge is -2.18. The summed E-state index contributed by atoms with van der Waals surface area (Å²) in [5.41, 5.74) is 9.47. The van der Waals surface area contributed by atoms with E-state index in [2.05, 4.69) is 76.6 Å². The van der Waals surface area contributed by atoms with Crippen molar-refractivity contribution in [1.29, 1.82) is 0 Å². The van der Waals surface area contributed by atoms with Gasteiger partial charge in [0.15, 0.2) is 0 Å². The van der Waals surface area contributed by atoms with E-state index in [1.54, 1.807) is 0 Å². The van der Waals surface area contributed by atoms with Crippen LogP contribution in [0.15, 0.2) is 36.7 Å². The minimum atomic E-state index is 0.502. The van der Waals surface area contributed by atoms with Crippen molar-refractivity contribution < 1.29 is 0 Å². The van der Waals surface area contributed by atoms with E-state index >= 15 is 0 Å². The average molecular weight is 372 g/mol. The number of nitrogens with zero attached hydrogens (tertiary/aromatic N) is 3. The zero-order valence-corrected chi connectivity index (χ0v) is 17.8. The zero-order valence-electron chi connectivity index (χ0n) is 17.8. The third-order valence-electron chi connectivity index (χ3n) is 6.41. The first-order valence-electron chi connectivity index (χ1n) is 10.3. The van der Waals surface area contributed by atoms with E-state index in [9.17, 15) is 0 Å². The van der Waals surface area contributed by atoms with E-state index in [-0.39, 0.29) is 0 Å². The molecule has 0 fully saturated rings. The van der Waals surface area contributed by atoms with Crippen LogP contribution in [0, 0.1) is 27.7 Å². The topological polar surface area (TPSA) is 30.7 Å². The summed E-state index contributed by atoms with van der Waals surface area (Å²) in [6.07, 6.45) is 6.42. The van der Waals surface area contributed by atoms with Crippen LogP contribution < -0.4 is 0 Å². The monoisotopic (exact) mass is 371 g/mol. The Kier molecular flexibility index (Phi) is 4.70. The second kappa shape index (κ2) is 7.05. The van der Waals surface area contributed by atoms with Gasteiger partial charge in [-0.25, -0.2) is 0 Å². The number of aromatic nitrogens is 3. The molecule has 4 rings (SSSR count). The third kappa shape index (κ3) is 2.72. The number of fused-ring (bicyclic) bond motifs is 3. The molecule has 0 aliphatic carbocycles. The molecule has 3 heteroatoms. The SMILES string of the molecule is CCC(CC)n1ccc2c(C)nc3c(-c4ccc(C)c(C)c4C)nccc3c21. The number of aryl methyl sites for hydroxylation is 2. The molecular formula is C25H29N3. The Hall–Kier alpha value is -2.68. The van der Waals surface area contributed by atoms with Gasteiger partial charge in [-0.05, 0) is 69.4 Å². The molecule has 0 spiro atoms. The molecule has 0 bridgehead atoms. The van der Waals surface area contributed by atoms with Crippen LogP contribution in [0.4, 0.5) is 0 Å². The van der Waals surface area contributed by atoms with Gasteiger partial charge in [0.1, 0.15) is 0 Å². The first-order valence-corrected chi connectivity index (χ1v) is 10.3. The van der Waals surface area contributed by atoms with Crippen LogP contribution in [-0.2, 0) is 0 Å². The van der Waals surface area contributed by atoms with Crippen LogP contribution in [-0.4, -0.2) is 14.5 Å². The van der Waals surface area contributed by atoms with Crippen molar-refractivity contribution in [2.75, 3.05) is 0 Å². The highest BCUT2D eigenvalue weighted by Crippen LogP contribution is 2.36. The Balaban J connectivity index is 2.09. The van der Waals surface area contributed by atoms with Gasteiger partial charge in [0.2, 0.25) is 0 Å². The van der Waals surface area contributed by atoms with Crippen LogP contribution in [0.25, 0.3) is 33.1 Å². The number of hydrogen-bond donors (Lipinski definition) is 0. The molecule has 1 aromatic carbocycles. The lowest BCUT2D eigenvalue weighted by atomic mass is 9.95. The van der Waals surface area contributed by atoms with Gasteiger partial charge in [-0.15, -0.1) is 0 Å². The highest BCUT2D eigenvalue weighted by atomic mass is 15.0. The maximum absolute atomic E-state index is 5.02. The molecule has 0 amide bonds. The number of benzene rings is 1. The Morgan fingerprint density at radius 1 is 0.893 bits per heavy atom. The van der Waals surface area contributed by atoms with Gasteiger partial charge in [-0.2, -0.15) is 0 Å². The van der Waals surface area contributed by atoms with E-state index in [1.165, 1.54) is 38.5 Å². The third-order valence-corrected chi connectivity index (χ3v) is 6.41. The summed E-state index contributed by atoms with van der Waals surface area (Å²) in [6, 6.07) is 9.24. The molecule has 0 atom stereocenters. The van der Waals surface area contributed by atoms with Gasteiger partial charge in [0, 0.05) is 40.5 Å². The van der Waals surface area contributed by atoms with Gasteiger partial charge in [-0.3, -0.25) is 9.97 Å². The fourth-order valence-electron chi connectivity index (χ4n) is 4.41. The van der Waals surface area contributed by atoms with E-state index < -0.39 is 0 Å². The van der Waals surface area contributed by atoms with Gasteiger partial charge >= 0.3 is 0 Å². The highest BCUT2D eigenvalue weighted by Gasteiger charge is 2.18. The van der Waals surface area contributed by atoms with Gasteiger partial charge in [0.25, 0.3) is 0 Å². The van der Waals surface area contributed by atoms with Crippen LogP contribution in [0.5, 0.6) is 0 Å². The molecule has 0 aliphatic rings. The van der Waals surface area contributed by atoms with Crippen molar-refractivity contribution >= 4 is 21.8 Å². The lowest BCUT2D eigenvalue weighted by molar-refractivity contribution is 0.486. The van der Waals surface area contributed by atoms with Crippen LogP contribution in [0.1, 0.15) is 55.1 Å². The van der Waals surface area contributed by atoms with Gasteiger partial charge < -0.3 is 4.57 Å². The second-order valence-electron chi connectivity index (χ2n) is 7.89. The Labute approximate surface area is 167 Å². The Morgan fingerprint density at radius 2 is 1.64 bits per heavy atom. The van der Waals surface area contributed by atoms with Crippen molar-refractivity contribution in [2.24, 2.45) is 0 Å². The molecule has 0 unspecified atom stereocenters. The molecule has 3 nitrogen and oxygen atoms in total. The largest absolute Gasteiger partial charge is 0.344 e. The maximum Gasteiger partial charge on any atom is 0.0989 e. The number of hydrogen-bond acceptors (Lipinski definition) is 2. The van der Waals surface area contributed by atoms with Crippen LogP contribution >= 0.6 is 0 Å². The standard InChI is InChI=1S/C25H29N3/c1-7-19(8-2)28-14-12-21-18(6)27-24-22(25(21)28)11-13-26-23(24)20-10-9-15(3)16(4)17(20)5/h9-14,19H,7-8H2,1-6H3. The van der Waals surface area contributed by atoms with Crippen LogP contribution in [0.3, 0.4) is 0 Å². The molecule has 0 aliphatic heterocycles. The molecule has 4 aromatic rings. The minimum absolute atomic E-state index is 0.502. The summed E-state index contributed by atoms with van der Waals surface area (Å²) >= 11 is 0. The lowest BCUT2D eigenvalue weighted by Crippen LogP contribution is -2.06. The highest BCUT2D eigenvalue weighted by molar-refractivity contribution is 6.08. The van der Waals surface area contributed by atoms with E-state index in [1.807, 2.05) is 6.20 Å². The number of rotatable bonds is 4. The summed E-state index contributed by atoms with van der Waals surface area (Å²) in [4.78, 5) is 9.81. The summed E-state index contributed by atoms with van der Waals surface area (Å²) in [7, 11) is 0. The number of pyridine rings is 2. The van der Waals surface area contributed by atoms with Crippen molar-refractivity contribution in [3.63, 3.8) is 0 Å². The summed E-state index contributed by atoms with van der Waals surface area (Å²) in [5, 5.41) is 2.44. The van der Waals surface area contributed by atoms with E-state index in [0.717, 1.165) is 29.7 Å². The van der Waals surface area contributed by atoms with Crippen molar-refractivity contribution in [3.8, 4) is 11.3 Å². The molecule has 0 saturated heterocycles. The minimum Gasteiger partial charge on any atom is -0.344 e. The zero-order chi connectivity index (χ0) is 20.0. The van der Waals surface area contributed by atoms with Crippen molar-refractivity contribution in [2.45, 2.75) is 60.4 Å². The smallest absolute Gasteiger partial charge is 0.0989 e. The predicted octanol–water partition coefficient (Wildman–Crippen LogP) is 6.85. The second-order valence-corrected chi connectivity index (χ2v) is 7.89. The molecular weight excluding hydrogens is 342 g/mol. The average Bonchev–Trinajstić information content (AvgIpc) is 3.13. The molecule has 144 valence electrons. The van der Waals surface area contributed by atoms with Crippen molar-refractivity contribution in [3.05, 3.63) is 59.0 Å². The van der Waals surface area contributed by atoms with Crippen molar-refractivity contribution in [1.82, 2.24) is 14.5 Å². The molecule has 0 N–H and O–H groups in total. The van der Waals surface area contributed by atoms with E-state index in [4.69, 9.17) is 9.97 Å². The Bertz CT molecular complexity index is 1180. The fourth-order valence-corrected chi connectivity index (χ4v) is 4.41. The molecule has 3 heterocycles. The Morgan fingerprint density at radius 3 is 2.36 bits per heavy atom. The molecule has 3 aromatic heterocycles.